The number of nitrogens with two attached hydrogens (primary N) is 1. The fourth-order valence-corrected chi connectivity index (χ4v) is 7.93. The topological polar surface area (TPSA) is 89.6 Å². The zero-order valence-electron chi connectivity index (χ0n) is 25.1. The van der Waals surface area contributed by atoms with Crippen molar-refractivity contribution in [3.8, 4) is 29.6 Å². The maximum absolute atomic E-state index is 16.8. The first kappa shape index (κ1) is 29.2. The molecule has 4 fully saturated rings. The Balaban J connectivity index is 1.29. The summed E-state index contributed by atoms with van der Waals surface area (Å²) in [5.74, 6) is 0.857. The van der Waals surface area contributed by atoms with Crippen molar-refractivity contribution >= 4 is 33.2 Å². The van der Waals surface area contributed by atoms with Gasteiger partial charge in [0.05, 0.1) is 35.7 Å². The number of fused-ring (bicyclic) bond motifs is 4. The van der Waals surface area contributed by atoms with Gasteiger partial charge in [-0.1, -0.05) is 12.0 Å². The summed E-state index contributed by atoms with van der Waals surface area (Å²) in [5.41, 5.74) is 5.88. The third-order valence-corrected chi connectivity index (χ3v) is 10.3. The van der Waals surface area contributed by atoms with E-state index in [9.17, 15) is 13.2 Å². The van der Waals surface area contributed by atoms with Gasteiger partial charge in [0.2, 0.25) is 0 Å². The van der Waals surface area contributed by atoms with Gasteiger partial charge in [-0.15, -0.1) is 6.42 Å². The molecule has 4 aliphatic rings. The number of alkyl halides is 2. The van der Waals surface area contributed by atoms with Gasteiger partial charge in [0.15, 0.2) is 5.82 Å². The smallest absolute Gasteiger partial charge is 0.319 e. The van der Waals surface area contributed by atoms with Crippen LogP contribution in [-0.4, -0.2) is 82.7 Å². The van der Waals surface area contributed by atoms with Crippen molar-refractivity contribution in [1.29, 1.82) is 0 Å². The number of ether oxygens (including phenoxy) is 2. The predicted octanol–water partition coefficient (Wildman–Crippen LogP) is 5.20. The zero-order valence-corrected chi connectivity index (χ0v) is 25.1. The molecule has 12 heteroatoms. The molecule has 1 saturated carbocycles. The molecule has 1 aliphatic carbocycles. The molecule has 8 rings (SSSR count). The monoisotopic (exact) mass is 632 g/mol. The van der Waals surface area contributed by atoms with Gasteiger partial charge < -0.3 is 20.1 Å². The van der Waals surface area contributed by atoms with Crippen LogP contribution in [0.5, 0.6) is 6.01 Å². The van der Waals surface area contributed by atoms with Crippen molar-refractivity contribution in [1.82, 2.24) is 19.9 Å². The summed E-state index contributed by atoms with van der Waals surface area (Å²) >= 11 is 0. The molecule has 0 spiro atoms. The Bertz CT molecular complexity index is 1940. The Hall–Kier alpha value is -4.21. The molecule has 0 bridgehead atoms. The molecule has 6 atom stereocenters. The molecule has 3 saturated heterocycles. The molecule has 238 valence electrons. The minimum atomic E-state index is -1.13. The molecule has 46 heavy (non-hydrogen) atoms. The maximum atomic E-state index is 16.8. The Morgan fingerprint density at radius 1 is 1.20 bits per heavy atom. The maximum Gasteiger partial charge on any atom is 0.319 e. The van der Waals surface area contributed by atoms with Crippen LogP contribution in [0.25, 0.3) is 32.9 Å². The third-order valence-electron chi connectivity index (χ3n) is 10.3. The lowest BCUT2D eigenvalue weighted by Crippen LogP contribution is -2.46. The van der Waals surface area contributed by atoms with E-state index in [0.29, 0.717) is 30.6 Å². The van der Waals surface area contributed by atoms with Gasteiger partial charge in [0, 0.05) is 47.8 Å². The van der Waals surface area contributed by atoms with Gasteiger partial charge in [-0.2, -0.15) is 9.97 Å². The van der Waals surface area contributed by atoms with Crippen LogP contribution in [0.4, 0.5) is 29.1 Å². The number of terminal acetylenes is 1. The number of nitrogens with zero attached hydrogens (tertiary/aromatic N) is 5. The van der Waals surface area contributed by atoms with Gasteiger partial charge in [-0.25, -0.2) is 17.6 Å². The lowest BCUT2D eigenvalue weighted by Gasteiger charge is -2.33. The first-order chi connectivity index (χ1) is 22.2. The summed E-state index contributed by atoms with van der Waals surface area (Å²) in [6.45, 7) is 3.70. The van der Waals surface area contributed by atoms with Crippen molar-refractivity contribution in [3.05, 3.63) is 47.7 Å². The number of nitrogen functional groups attached to an aromatic ring is 1. The summed E-state index contributed by atoms with van der Waals surface area (Å²) in [6.07, 6.45) is 6.99. The lowest BCUT2D eigenvalue weighted by atomic mass is 9.94. The van der Waals surface area contributed by atoms with Crippen LogP contribution >= 0.6 is 0 Å². The normalized spacial score (nSPS) is 29.0. The number of hydrogen-bond acceptors (Lipinski definition) is 8. The van der Waals surface area contributed by atoms with E-state index in [1.807, 2.05) is 6.92 Å². The van der Waals surface area contributed by atoms with Crippen LogP contribution in [0, 0.1) is 29.9 Å². The van der Waals surface area contributed by atoms with Crippen LogP contribution in [0.15, 0.2) is 30.5 Å². The first-order valence-electron chi connectivity index (χ1n) is 15.6. The minimum Gasteiger partial charge on any atom is -0.461 e. The summed E-state index contributed by atoms with van der Waals surface area (Å²) in [7, 11) is 0. The van der Waals surface area contributed by atoms with E-state index < -0.39 is 35.6 Å². The second-order valence-electron chi connectivity index (χ2n) is 12.9. The number of benzene rings is 2. The third kappa shape index (κ3) is 4.39. The molecule has 8 nitrogen and oxygen atoms in total. The minimum absolute atomic E-state index is 0.0446. The van der Waals surface area contributed by atoms with Crippen molar-refractivity contribution < 1.29 is 27.0 Å². The van der Waals surface area contributed by atoms with Gasteiger partial charge in [-0.3, -0.25) is 9.88 Å². The lowest BCUT2D eigenvalue weighted by molar-refractivity contribution is 0.0879. The largest absolute Gasteiger partial charge is 0.461 e. The number of pyridine rings is 1. The highest BCUT2D eigenvalue weighted by molar-refractivity contribution is 6.03. The number of aromatic nitrogens is 3. The first-order valence-corrected chi connectivity index (χ1v) is 15.6. The molecule has 2 aromatic heterocycles. The van der Waals surface area contributed by atoms with Crippen molar-refractivity contribution in [2.45, 2.75) is 56.2 Å². The molecule has 1 unspecified atom stereocenters. The Kier molecular flexibility index (Phi) is 6.78. The molecule has 2 N–H and O–H groups in total. The highest BCUT2D eigenvalue weighted by Gasteiger charge is 2.57. The van der Waals surface area contributed by atoms with E-state index in [4.69, 9.17) is 21.6 Å². The fraction of sp³-hybridized carbons (Fsp3) is 0.441. The van der Waals surface area contributed by atoms with Gasteiger partial charge >= 0.3 is 6.01 Å². The van der Waals surface area contributed by atoms with Crippen LogP contribution in [0.2, 0.25) is 0 Å². The van der Waals surface area contributed by atoms with Crippen molar-refractivity contribution in [3.63, 3.8) is 0 Å². The van der Waals surface area contributed by atoms with Crippen molar-refractivity contribution in [2.24, 2.45) is 5.92 Å². The number of hydrogen-bond donors (Lipinski definition) is 1. The second kappa shape index (κ2) is 10.7. The zero-order chi connectivity index (χ0) is 31.9. The Morgan fingerprint density at radius 3 is 2.87 bits per heavy atom. The van der Waals surface area contributed by atoms with Crippen LogP contribution < -0.4 is 15.4 Å². The summed E-state index contributed by atoms with van der Waals surface area (Å²) < 4.78 is 73.3. The number of anilines is 2. The molecular weight excluding hydrogens is 600 g/mol. The van der Waals surface area contributed by atoms with E-state index in [-0.39, 0.29) is 70.1 Å². The molecule has 0 radical (unpaired) electrons. The van der Waals surface area contributed by atoms with Gasteiger partial charge in [0.25, 0.3) is 0 Å². The number of rotatable bonds is 5. The van der Waals surface area contributed by atoms with E-state index in [1.165, 1.54) is 24.4 Å². The standard InChI is InChI=1S/C34H32F4N6O2/c1-3-20-24(35)6-5-18-11-19(39)12-21(26(18)20)29-28(38)30-22(14-40-29)32(43-9-10-45-15-23-27(37)31(23)43)42-33(41-30)46-16-34-7-4-8-44(34)17(2)25(36)13-34/h1,5-6,11-12,14,17,23,25,27,31H,4,7-10,13,15-16,39H2,2H3/t17-,23?,25-,27+,31+,34+/m1/s1. The fourth-order valence-electron chi connectivity index (χ4n) is 7.93. The molecule has 2 aromatic carbocycles. The molecule has 5 heterocycles. The van der Waals surface area contributed by atoms with Crippen molar-refractivity contribution in [2.75, 3.05) is 43.5 Å². The summed E-state index contributed by atoms with van der Waals surface area (Å²) in [4.78, 5) is 17.6. The van der Waals surface area contributed by atoms with E-state index >= 15 is 4.39 Å². The number of halogens is 4. The van der Waals surface area contributed by atoms with Crippen LogP contribution in [-0.2, 0) is 4.74 Å². The van der Waals surface area contributed by atoms with E-state index in [1.54, 1.807) is 11.0 Å². The predicted molar refractivity (Wildman–Crippen MR) is 166 cm³/mol. The van der Waals surface area contributed by atoms with E-state index in [0.717, 1.165) is 19.4 Å². The highest BCUT2D eigenvalue weighted by Crippen LogP contribution is 2.46. The molecule has 4 aromatic rings. The SMILES string of the molecule is C#Cc1c(F)ccc2cc(N)cc(-c3ncc4c(N5CCOCC6[C@H](F)[C@H]65)nc(OC[C@@]56CCCN5[C@H](C)[C@H](F)C6)nc4c3F)c12. The summed E-state index contributed by atoms with van der Waals surface area (Å²) in [5, 5.41) is 1.06. The Morgan fingerprint density at radius 2 is 2.04 bits per heavy atom. The second-order valence-corrected chi connectivity index (χ2v) is 12.9. The van der Waals surface area contributed by atoms with Crippen LogP contribution in [0.3, 0.4) is 0 Å². The quantitative estimate of drug-likeness (QED) is 0.183. The average molecular weight is 633 g/mol. The molecule has 0 amide bonds. The van der Waals surface area contributed by atoms with E-state index in [2.05, 4.69) is 25.8 Å². The average Bonchev–Trinajstić information content (AvgIpc) is 3.49. The van der Waals surface area contributed by atoms with Crippen LogP contribution in [0.1, 0.15) is 31.7 Å². The highest BCUT2D eigenvalue weighted by atomic mass is 19.1. The Labute approximate surface area is 262 Å². The molecule has 3 aliphatic heterocycles. The molecular formula is C34H32F4N6O2. The summed E-state index contributed by atoms with van der Waals surface area (Å²) in [6, 6.07) is 5.04. The van der Waals surface area contributed by atoms with Gasteiger partial charge in [-0.05, 0) is 49.9 Å². The van der Waals surface area contributed by atoms with Gasteiger partial charge in [0.1, 0.15) is 41.8 Å².